The monoisotopic (exact) mass is 143 g/mol. The number of rotatable bonds is 4. The molecule has 0 radical (unpaired) electrons. The highest BCUT2D eigenvalue weighted by Crippen LogP contribution is 1.96. The molecule has 1 unspecified atom stereocenters. The fourth-order valence-corrected chi connectivity index (χ4v) is 0.600. The van der Waals surface area contributed by atoms with Gasteiger partial charge in [-0.1, -0.05) is 26.0 Å². The molecule has 0 fully saturated rings. The van der Waals surface area contributed by atoms with Crippen molar-refractivity contribution in [2.75, 3.05) is 6.61 Å². The van der Waals surface area contributed by atoms with Crippen molar-refractivity contribution < 1.29 is 5.11 Å². The van der Waals surface area contributed by atoms with Crippen LogP contribution >= 0.6 is 0 Å². The molecule has 0 aliphatic rings. The van der Waals surface area contributed by atoms with Gasteiger partial charge in [-0.2, -0.15) is 0 Å². The van der Waals surface area contributed by atoms with Crippen LogP contribution in [0.3, 0.4) is 0 Å². The van der Waals surface area contributed by atoms with E-state index in [1.807, 2.05) is 6.08 Å². The Bertz CT molecular complexity index is 99.4. The molecule has 0 bridgehead atoms. The van der Waals surface area contributed by atoms with E-state index in [1.54, 1.807) is 0 Å². The van der Waals surface area contributed by atoms with E-state index in [-0.39, 0.29) is 12.6 Å². The molecule has 0 saturated heterocycles. The summed E-state index contributed by atoms with van der Waals surface area (Å²) in [6.45, 7) is 4.30. The largest absolute Gasteiger partial charge is 0.395 e. The lowest BCUT2D eigenvalue weighted by Gasteiger charge is -2.02. The van der Waals surface area contributed by atoms with Crippen molar-refractivity contribution in [1.82, 2.24) is 0 Å². The predicted octanol–water partition coefficient (Wildman–Crippen LogP) is 0.908. The van der Waals surface area contributed by atoms with Crippen LogP contribution in [0.4, 0.5) is 0 Å². The fourth-order valence-electron chi connectivity index (χ4n) is 0.600. The minimum Gasteiger partial charge on any atom is -0.395 e. The van der Waals surface area contributed by atoms with E-state index in [0.717, 1.165) is 6.42 Å². The molecule has 2 heteroatoms. The molecule has 0 aromatic heterocycles. The Balaban J connectivity index is 3.33. The number of allylic oxidation sites excluding steroid dienone is 1. The highest BCUT2D eigenvalue weighted by atomic mass is 16.3. The normalized spacial score (nSPS) is 14.9. The molecule has 10 heavy (non-hydrogen) atoms. The van der Waals surface area contributed by atoms with Crippen molar-refractivity contribution >= 4 is 0 Å². The Hall–Kier alpha value is -0.340. The van der Waals surface area contributed by atoms with Gasteiger partial charge in [0.2, 0.25) is 0 Å². The van der Waals surface area contributed by atoms with E-state index in [0.29, 0.717) is 5.92 Å². The Kier molecular flexibility index (Phi) is 5.26. The SMILES string of the molecule is CC(C)/C=C/CC(N)CO. The van der Waals surface area contributed by atoms with Gasteiger partial charge < -0.3 is 10.8 Å². The lowest BCUT2D eigenvalue weighted by atomic mass is 10.1. The smallest absolute Gasteiger partial charge is 0.0585 e. The summed E-state index contributed by atoms with van der Waals surface area (Å²) >= 11 is 0. The third-order valence-corrected chi connectivity index (χ3v) is 1.19. The van der Waals surface area contributed by atoms with E-state index in [1.165, 1.54) is 0 Å². The van der Waals surface area contributed by atoms with Gasteiger partial charge in [-0.3, -0.25) is 0 Å². The number of hydrogen-bond acceptors (Lipinski definition) is 2. The van der Waals surface area contributed by atoms with Gasteiger partial charge in [-0.05, 0) is 12.3 Å². The maximum absolute atomic E-state index is 8.54. The summed E-state index contributed by atoms with van der Waals surface area (Å²) < 4.78 is 0. The summed E-state index contributed by atoms with van der Waals surface area (Å²) in [5.41, 5.74) is 5.46. The second-order valence-electron chi connectivity index (χ2n) is 2.85. The van der Waals surface area contributed by atoms with Crippen molar-refractivity contribution in [3.05, 3.63) is 12.2 Å². The lowest BCUT2D eigenvalue weighted by molar-refractivity contribution is 0.266. The maximum atomic E-state index is 8.54. The zero-order valence-electron chi connectivity index (χ0n) is 6.75. The number of hydrogen-bond donors (Lipinski definition) is 2. The number of aliphatic hydroxyl groups excluding tert-OH is 1. The van der Waals surface area contributed by atoms with Crippen LogP contribution in [-0.2, 0) is 0 Å². The highest BCUT2D eigenvalue weighted by Gasteiger charge is 1.94. The topological polar surface area (TPSA) is 46.2 Å². The van der Waals surface area contributed by atoms with Crippen molar-refractivity contribution in [3.63, 3.8) is 0 Å². The van der Waals surface area contributed by atoms with E-state index in [4.69, 9.17) is 10.8 Å². The van der Waals surface area contributed by atoms with Crippen LogP contribution in [0.1, 0.15) is 20.3 Å². The zero-order valence-corrected chi connectivity index (χ0v) is 6.75. The molecule has 0 rings (SSSR count). The van der Waals surface area contributed by atoms with Crippen LogP contribution in [0.5, 0.6) is 0 Å². The number of aliphatic hydroxyl groups is 1. The predicted molar refractivity (Wildman–Crippen MR) is 43.7 cm³/mol. The van der Waals surface area contributed by atoms with Crippen LogP contribution in [0.25, 0.3) is 0 Å². The second-order valence-corrected chi connectivity index (χ2v) is 2.85. The van der Waals surface area contributed by atoms with Gasteiger partial charge in [0.15, 0.2) is 0 Å². The molecule has 2 nitrogen and oxygen atoms in total. The van der Waals surface area contributed by atoms with Crippen LogP contribution in [-0.4, -0.2) is 17.8 Å². The summed E-state index contributed by atoms with van der Waals surface area (Å²) in [7, 11) is 0. The van der Waals surface area contributed by atoms with Crippen LogP contribution in [0.15, 0.2) is 12.2 Å². The van der Waals surface area contributed by atoms with Gasteiger partial charge in [-0.25, -0.2) is 0 Å². The molecule has 0 amide bonds. The van der Waals surface area contributed by atoms with Crippen molar-refractivity contribution in [3.8, 4) is 0 Å². The minimum atomic E-state index is -0.0880. The van der Waals surface area contributed by atoms with E-state index in [9.17, 15) is 0 Å². The molecular formula is C8H17NO. The third kappa shape index (κ3) is 5.79. The Labute approximate surface area is 62.7 Å². The molecule has 0 aliphatic heterocycles. The van der Waals surface area contributed by atoms with Crippen LogP contribution in [0, 0.1) is 5.92 Å². The summed E-state index contributed by atoms with van der Waals surface area (Å²) in [6, 6.07) is -0.0880. The summed E-state index contributed by atoms with van der Waals surface area (Å²) in [4.78, 5) is 0. The van der Waals surface area contributed by atoms with Gasteiger partial charge in [0.25, 0.3) is 0 Å². The average Bonchev–Trinajstić information content (AvgIpc) is 1.87. The molecule has 0 aromatic rings. The maximum Gasteiger partial charge on any atom is 0.0585 e. The Morgan fingerprint density at radius 3 is 2.50 bits per heavy atom. The van der Waals surface area contributed by atoms with Crippen molar-refractivity contribution in [2.24, 2.45) is 11.7 Å². The first-order chi connectivity index (χ1) is 4.66. The molecule has 0 aliphatic carbocycles. The molecule has 0 heterocycles. The summed E-state index contributed by atoms with van der Waals surface area (Å²) in [6.07, 6.45) is 4.88. The first-order valence-corrected chi connectivity index (χ1v) is 3.70. The summed E-state index contributed by atoms with van der Waals surface area (Å²) in [5.74, 6) is 0.575. The average molecular weight is 143 g/mol. The van der Waals surface area contributed by atoms with Gasteiger partial charge in [0, 0.05) is 6.04 Å². The van der Waals surface area contributed by atoms with Crippen LogP contribution in [0.2, 0.25) is 0 Å². The van der Waals surface area contributed by atoms with Crippen molar-refractivity contribution in [2.45, 2.75) is 26.3 Å². The number of nitrogens with two attached hydrogens (primary N) is 1. The van der Waals surface area contributed by atoms with Crippen molar-refractivity contribution in [1.29, 1.82) is 0 Å². The fraction of sp³-hybridized carbons (Fsp3) is 0.750. The second kappa shape index (κ2) is 5.45. The third-order valence-electron chi connectivity index (χ3n) is 1.19. The van der Waals surface area contributed by atoms with Gasteiger partial charge >= 0.3 is 0 Å². The highest BCUT2D eigenvalue weighted by molar-refractivity contribution is 4.87. The molecule has 1 atom stereocenters. The van der Waals surface area contributed by atoms with Crippen LogP contribution < -0.4 is 5.73 Å². The first kappa shape index (κ1) is 9.66. The Morgan fingerprint density at radius 1 is 1.50 bits per heavy atom. The Morgan fingerprint density at radius 2 is 2.10 bits per heavy atom. The van der Waals surface area contributed by atoms with Gasteiger partial charge in [0.05, 0.1) is 6.61 Å². The van der Waals surface area contributed by atoms with E-state index in [2.05, 4.69) is 19.9 Å². The quantitative estimate of drug-likeness (QED) is 0.574. The molecule has 0 aromatic carbocycles. The van der Waals surface area contributed by atoms with E-state index >= 15 is 0 Å². The molecule has 3 N–H and O–H groups in total. The van der Waals surface area contributed by atoms with Gasteiger partial charge in [-0.15, -0.1) is 0 Å². The molecular weight excluding hydrogens is 126 g/mol. The molecule has 0 spiro atoms. The lowest BCUT2D eigenvalue weighted by Crippen LogP contribution is -2.23. The molecule has 60 valence electrons. The molecule has 0 saturated carbocycles. The van der Waals surface area contributed by atoms with Gasteiger partial charge in [0.1, 0.15) is 0 Å². The standard InChI is InChI=1S/C8H17NO/c1-7(2)4-3-5-8(9)6-10/h3-4,7-8,10H,5-6,9H2,1-2H3/b4-3+. The minimum absolute atomic E-state index is 0.0719. The van der Waals surface area contributed by atoms with E-state index < -0.39 is 0 Å². The summed E-state index contributed by atoms with van der Waals surface area (Å²) in [5, 5.41) is 8.54. The first-order valence-electron chi connectivity index (χ1n) is 3.70. The zero-order chi connectivity index (χ0) is 7.98.